The van der Waals surface area contributed by atoms with Gasteiger partial charge in [-0.05, 0) is 56.3 Å². The average Bonchev–Trinajstić information content (AvgIpc) is 3.14. The van der Waals surface area contributed by atoms with Crippen LogP contribution in [-0.2, 0) is 11.3 Å². The Morgan fingerprint density at radius 2 is 1.97 bits per heavy atom. The van der Waals surface area contributed by atoms with Crippen molar-refractivity contribution in [1.29, 1.82) is 0 Å². The van der Waals surface area contributed by atoms with E-state index in [-0.39, 0.29) is 29.9 Å². The van der Waals surface area contributed by atoms with E-state index in [2.05, 4.69) is 46.5 Å². The van der Waals surface area contributed by atoms with E-state index >= 15 is 0 Å². The Hall–Kier alpha value is -1.35. The summed E-state index contributed by atoms with van der Waals surface area (Å²) in [5, 5.41) is 6.85. The topological polar surface area (TPSA) is 60.0 Å². The second kappa shape index (κ2) is 11.7. The van der Waals surface area contributed by atoms with Crippen LogP contribution in [-0.4, -0.2) is 56.0 Å². The van der Waals surface area contributed by atoms with Gasteiger partial charge in [-0.3, -0.25) is 14.7 Å². The molecule has 6 nitrogen and oxygen atoms in total. The summed E-state index contributed by atoms with van der Waals surface area (Å²) in [6, 6.07) is 8.74. The third kappa shape index (κ3) is 6.84. The second-order valence-electron chi connectivity index (χ2n) is 8.21. The van der Waals surface area contributed by atoms with Crippen LogP contribution in [0, 0.1) is 5.92 Å². The quantitative estimate of drug-likeness (QED) is 0.349. The molecule has 3 rings (SSSR count). The molecule has 2 fully saturated rings. The first-order chi connectivity index (χ1) is 13.6. The largest absolute Gasteiger partial charge is 0.355 e. The Balaban J connectivity index is 0.00000300. The SMILES string of the molecule is CN=C(NCc1ccc(N2CCCC2=O)cc1)NCC(C)N1CCCC(C)C1.I. The van der Waals surface area contributed by atoms with E-state index in [9.17, 15) is 4.79 Å². The number of carbonyl (C=O) groups is 1. The monoisotopic (exact) mass is 513 g/mol. The standard InChI is InChI=1S/C22H35N5O.HI/c1-17-6-4-12-26(16-17)18(2)14-24-22(23-3)25-15-19-8-10-20(11-9-19)27-13-5-7-21(27)28;/h8-11,17-18H,4-7,12-16H2,1-3H3,(H2,23,24,25);1H. The van der Waals surface area contributed by atoms with E-state index in [1.807, 2.05) is 24.1 Å². The van der Waals surface area contributed by atoms with E-state index in [4.69, 9.17) is 0 Å². The van der Waals surface area contributed by atoms with Gasteiger partial charge in [-0.1, -0.05) is 19.1 Å². The zero-order valence-electron chi connectivity index (χ0n) is 18.0. The van der Waals surface area contributed by atoms with Gasteiger partial charge in [0.2, 0.25) is 5.91 Å². The number of aliphatic imine (C=N–C) groups is 1. The van der Waals surface area contributed by atoms with Crippen LogP contribution in [0.1, 0.15) is 45.1 Å². The number of nitrogens with zero attached hydrogens (tertiary/aromatic N) is 3. The molecule has 2 atom stereocenters. The molecular weight excluding hydrogens is 477 g/mol. The lowest BCUT2D eigenvalue weighted by molar-refractivity contribution is -0.117. The highest BCUT2D eigenvalue weighted by atomic mass is 127. The molecule has 0 aliphatic carbocycles. The smallest absolute Gasteiger partial charge is 0.227 e. The summed E-state index contributed by atoms with van der Waals surface area (Å²) < 4.78 is 0. The van der Waals surface area contributed by atoms with Crippen molar-refractivity contribution in [3.8, 4) is 0 Å². The summed E-state index contributed by atoms with van der Waals surface area (Å²) in [5.74, 6) is 1.86. The first-order valence-corrected chi connectivity index (χ1v) is 10.6. The van der Waals surface area contributed by atoms with Crippen molar-refractivity contribution in [1.82, 2.24) is 15.5 Å². The van der Waals surface area contributed by atoms with Gasteiger partial charge in [0.15, 0.2) is 5.96 Å². The molecule has 1 aromatic carbocycles. The molecule has 29 heavy (non-hydrogen) atoms. The first-order valence-electron chi connectivity index (χ1n) is 10.6. The van der Waals surface area contributed by atoms with Crippen LogP contribution in [0.4, 0.5) is 5.69 Å². The average molecular weight is 513 g/mol. The summed E-state index contributed by atoms with van der Waals surface area (Å²) >= 11 is 0. The summed E-state index contributed by atoms with van der Waals surface area (Å²) in [5.41, 5.74) is 2.18. The molecule has 2 aliphatic heterocycles. The molecule has 2 saturated heterocycles. The Morgan fingerprint density at radius 3 is 2.59 bits per heavy atom. The van der Waals surface area contributed by atoms with Crippen LogP contribution in [0.5, 0.6) is 0 Å². The maximum Gasteiger partial charge on any atom is 0.227 e. The fraction of sp³-hybridized carbons (Fsp3) is 0.636. The molecule has 1 aromatic rings. The fourth-order valence-electron chi connectivity index (χ4n) is 4.12. The summed E-state index contributed by atoms with van der Waals surface area (Å²) in [6.07, 6.45) is 4.28. The highest BCUT2D eigenvalue weighted by Gasteiger charge is 2.22. The minimum atomic E-state index is 0. The summed E-state index contributed by atoms with van der Waals surface area (Å²) in [7, 11) is 1.81. The van der Waals surface area contributed by atoms with Gasteiger partial charge in [0.1, 0.15) is 0 Å². The van der Waals surface area contributed by atoms with Crippen molar-refractivity contribution in [3.05, 3.63) is 29.8 Å². The molecular formula is C22H36IN5O. The number of piperidine rings is 1. The lowest BCUT2D eigenvalue weighted by Gasteiger charge is -2.35. The van der Waals surface area contributed by atoms with E-state index in [0.29, 0.717) is 19.0 Å². The molecule has 2 heterocycles. The lowest BCUT2D eigenvalue weighted by Crippen LogP contribution is -2.48. The van der Waals surface area contributed by atoms with Crippen LogP contribution in [0.15, 0.2) is 29.3 Å². The predicted molar refractivity (Wildman–Crippen MR) is 131 cm³/mol. The van der Waals surface area contributed by atoms with E-state index < -0.39 is 0 Å². The van der Waals surface area contributed by atoms with E-state index in [0.717, 1.165) is 37.1 Å². The first kappa shape index (κ1) is 23.9. The zero-order chi connectivity index (χ0) is 19.9. The molecule has 162 valence electrons. The Labute approximate surface area is 192 Å². The van der Waals surface area contributed by atoms with Crippen molar-refractivity contribution in [2.45, 2.75) is 52.1 Å². The minimum Gasteiger partial charge on any atom is -0.355 e. The number of benzene rings is 1. The fourth-order valence-corrected chi connectivity index (χ4v) is 4.12. The van der Waals surface area contributed by atoms with Crippen molar-refractivity contribution in [2.75, 3.05) is 38.1 Å². The highest BCUT2D eigenvalue weighted by Crippen LogP contribution is 2.21. The van der Waals surface area contributed by atoms with Crippen LogP contribution in [0.25, 0.3) is 0 Å². The lowest BCUT2D eigenvalue weighted by atomic mass is 9.99. The normalized spacial score (nSPS) is 21.6. The third-order valence-corrected chi connectivity index (χ3v) is 5.88. The van der Waals surface area contributed by atoms with Gasteiger partial charge < -0.3 is 15.5 Å². The maximum atomic E-state index is 11.9. The van der Waals surface area contributed by atoms with Gasteiger partial charge in [0.25, 0.3) is 0 Å². The molecule has 0 bridgehead atoms. The number of guanidine groups is 1. The Morgan fingerprint density at radius 1 is 1.21 bits per heavy atom. The zero-order valence-corrected chi connectivity index (χ0v) is 20.3. The van der Waals surface area contributed by atoms with Crippen molar-refractivity contribution < 1.29 is 4.79 Å². The maximum absolute atomic E-state index is 11.9. The molecule has 0 aromatic heterocycles. The van der Waals surface area contributed by atoms with E-state index in [1.165, 1.54) is 31.5 Å². The summed E-state index contributed by atoms with van der Waals surface area (Å²) in [4.78, 5) is 20.7. The Kier molecular flexibility index (Phi) is 9.68. The van der Waals surface area contributed by atoms with Crippen LogP contribution < -0.4 is 15.5 Å². The van der Waals surface area contributed by atoms with Gasteiger partial charge in [0, 0.05) is 51.4 Å². The Bertz CT molecular complexity index is 678. The van der Waals surface area contributed by atoms with Gasteiger partial charge in [0.05, 0.1) is 0 Å². The number of nitrogens with one attached hydrogen (secondary N) is 2. The molecule has 0 saturated carbocycles. The number of amides is 1. The predicted octanol–water partition coefficient (Wildman–Crippen LogP) is 3.22. The molecule has 0 radical (unpaired) electrons. The number of halogens is 1. The number of likely N-dealkylation sites (tertiary alicyclic amines) is 1. The number of hydrogen-bond donors (Lipinski definition) is 2. The molecule has 7 heteroatoms. The number of anilines is 1. The number of rotatable bonds is 6. The number of carbonyl (C=O) groups excluding carboxylic acids is 1. The molecule has 2 unspecified atom stereocenters. The molecule has 0 spiro atoms. The van der Waals surface area contributed by atoms with Crippen molar-refractivity contribution in [2.24, 2.45) is 10.9 Å². The number of hydrogen-bond acceptors (Lipinski definition) is 3. The minimum absolute atomic E-state index is 0. The van der Waals surface area contributed by atoms with Crippen molar-refractivity contribution in [3.63, 3.8) is 0 Å². The van der Waals surface area contributed by atoms with Crippen LogP contribution in [0.3, 0.4) is 0 Å². The molecule has 1 amide bonds. The van der Waals surface area contributed by atoms with Crippen molar-refractivity contribution >= 4 is 41.5 Å². The van der Waals surface area contributed by atoms with Gasteiger partial charge in [-0.2, -0.15) is 0 Å². The highest BCUT2D eigenvalue weighted by molar-refractivity contribution is 14.0. The third-order valence-electron chi connectivity index (χ3n) is 5.88. The van der Waals surface area contributed by atoms with Crippen LogP contribution >= 0.6 is 24.0 Å². The second-order valence-corrected chi connectivity index (χ2v) is 8.21. The van der Waals surface area contributed by atoms with E-state index in [1.54, 1.807) is 0 Å². The van der Waals surface area contributed by atoms with Gasteiger partial charge in [-0.25, -0.2) is 0 Å². The summed E-state index contributed by atoms with van der Waals surface area (Å²) in [6.45, 7) is 9.46. The van der Waals surface area contributed by atoms with Gasteiger partial charge in [-0.15, -0.1) is 24.0 Å². The molecule has 2 N–H and O–H groups in total. The van der Waals surface area contributed by atoms with Gasteiger partial charge >= 0.3 is 0 Å². The van der Waals surface area contributed by atoms with Crippen LogP contribution in [0.2, 0.25) is 0 Å². The molecule has 2 aliphatic rings.